The molecule has 0 aliphatic rings. The molecule has 3 aromatic rings. The van der Waals surface area contributed by atoms with Crippen LogP contribution in [0.15, 0.2) is 60.7 Å². The third-order valence-corrected chi connectivity index (χ3v) is 5.71. The Balaban J connectivity index is 1.99. The summed E-state index contributed by atoms with van der Waals surface area (Å²) in [6, 6.07) is 22.6. The molecule has 3 rings (SSSR count). The van der Waals surface area contributed by atoms with Gasteiger partial charge in [0.25, 0.3) is 5.91 Å². The number of rotatable bonds is 3. The third kappa shape index (κ3) is 5.18. The van der Waals surface area contributed by atoms with E-state index in [4.69, 9.17) is 0 Å². The van der Waals surface area contributed by atoms with Crippen molar-refractivity contribution in [3.05, 3.63) is 75.5 Å². The number of hydrogen-bond donors (Lipinski definition) is 0. The number of para-hydroxylation sites is 1. The predicted octanol–water partition coefficient (Wildman–Crippen LogP) is 5.32. The molecule has 0 spiro atoms. The highest BCUT2D eigenvalue weighted by Gasteiger charge is 2.18. The quantitative estimate of drug-likeness (QED) is 0.166. The summed E-state index contributed by atoms with van der Waals surface area (Å²) in [6.07, 6.45) is 0. The number of benzene rings is 2. The van der Waals surface area contributed by atoms with Crippen molar-refractivity contribution in [2.75, 3.05) is 0 Å². The standard InChI is InChI=1S/C22H21IN2OSi/c1-27(2,3)14-13-25(22(26)17-9-5-4-6-10-17)16-19-15-18-11-7-8-12-20(18)24-21(19)23/h4-12,15H,16H2,1-3H3. The molecule has 0 N–H and O–H groups in total. The Bertz CT molecular complexity index is 1030. The Morgan fingerprint density at radius 3 is 2.44 bits per heavy atom. The van der Waals surface area contributed by atoms with E-state index >= 15 is 0 Å². The van der Waals surface area contributed by atoms with Gasteiger partial charge in [-0.3, -0.25) is 9.69 Å². The summed E-state index contributed by atoms with van der Waals surface area (Å²) in [7, 11) is -1.61. The van der Waals surface area contributed by atoms with Gasteiger partial charge in [0.05, 0.1) is 12.1 Å². The van der Waals surface area contributed by atoms with E-state index in [1.54, 1.807) is 4.90 Å². The molecule has 0 fully saturated rings. The smallest absolute Gasteiger partial charge is 0.265 e. The lowest BCUT2D eigenvalue weighted by molar-refractivity contribution is 0.0826. The highest BCUT2D eigenvalue weighted by molar-refractivity contribution is 14.1. The maximum atomic E-state index is 13.1. The van der Waals surface area contributed by atoms with Crippen molar-refractivity contribution >= 4 is 47.5 Å². The second kappa shape index (κ2) is 8.24. The SMILES string of the molecule is C[Si](C)(C)C#CN(Cc1cc2ccccc2nc1I)C(=O)c1ccccc1. The average Bonchev–Trinajstić information content (AvgIpc) is 2.65. The number of amides is 1. The van der Waals surface area contributed by atoms with Gasteiger partial charge in [-0.1, -0.05) is 56.0 Å². The van der Waals surface area contributed by atoms with Crippen molar-refractivity contribution in [3.63, 3.8) is 0 Å². The highest BCUT2D eigenvalue weighted by Crippen LogP contribution is 2.20. The van der Waals surface area contributed by atoms with Crippen LogP contribution in [-0.4, -0.2) is 23.9 Å². The van der Waals surface area contributed by atoms with Gasteiger partial charge in [-0.15, -0.1) is 5.54 Å². The zero-order valence-electron chi connectivity index (χ0n) is 15.7. The van der Waals surface area contributed by atoms with Gasteiger partial charge in [0.15, 0.2) is 0 Å². The number of nitrogens with zero attached hydrogens (tertiary/aromatic N) is 2. The molecule has 0 radical (unpaired) electrons. The monoisotopic (exact) mass is 484 g/mol. The lowest BCUT2D eigenvalue weighted by Gasteiger charge is -2.18. The number of carbonyl (C=O) groups is 1. The van der Waals surface area contributed by atoms with Crippen LogP contribution in [0.4, 0.5) is 0 Å². The van der Waals surface area contributed by atoms with Gasteiger partial charge in [-0.2, -0.15) is 0 Å². The molecule has 0 saturated carbocycles. The molecule has 0 aliphatic heterocycles. The van der Waals surface area contributed by atoms with E-state index in [0.717, 1.165) is 20.2 Å². The van der Waals surface area contributed by atoms with E-state index in [1.807, 2.05) is 54.6 Å². The third-order valence-electron chi connectivity index (χ3n) is 3.91. The minimum Gasteiger partial charge on any atom is -0.268 e. The van der Waals surface area contributed by atoms with E-state index in [1.165, 1.54) is 0 Å². The van der Waals surface area contributed by atoms with Crippen LogP contribution in [0.25, 0.3) is 10.9 Å². The topological polar surface area (TPSA) is 33.2 Å². The summed E-state index contributed by atoms with van der Waals surface area (Å²) in [5.41, 5.74) is 5.93. The number of halogens is 1. The normalized spacial score (nSPS) is 11.0. The molecule has 0 saturated heterocycles. The highest BCUT2D eigenvalue weighted by atomic mass is 127. The minimum absolute atomic E-state index is 0.0784. The fourth-order valence-corrected chi connectivity index (χ4v) is 3.61. The van der Waals surface area contributed by atoms with Gasteiger partial charge < -0.3 is 0 Å². The molecule has 3 nitrogen and oxygen atoms in total. The van der Waals surface area contributed by atoms with Crippen LogP contribution < -0.4 is 0 Å². The average molecular weight is 484 g/mol. The summed E-state index contributed by atoms with van der Waals surface area (Å²) < 4.78 is 0.895. The maximum absolute atomic E-state index is 13.1. The Morgan fingerprint density at radius 1 is 1.07 bits per heavy atom. The van der Waals surface area contributed by atoms with Crippen LogP contribution in [-0.2, 0) is 6.54 Å². The number of hydrogen-bond acceptors (Lipinski definition) is 2. The van der Waals surface area contributed by atoms with Crippen LogP contribution in [0.2, 0.25) is 19.6 Å². The van der Waals surface area contributed by atoms with Crippen molar-refractivity contribution in [2.45, 2.75) is 26.2 Å². The van der Waals surface area contributed by atoms with Gasteiger partial charge in [-0.25, -0.2) is 4.98 Å². The first-order chi connectivity index (χ1) is 12.8. The molecule has 1 heterocycles. The van der Waals surface area contributed by atoms with Crippen molar-refractivity contribution in [2.24, 2.45) is 0 Å². The Kier molecular flexibility index (Phi) is 5.97. The summed E-state index contributed by atoms with van der Waals surface area (Å²) >= 11 is 2.24. The maximum Gasteiger partial charge on any atom is 0.265 e. The zero-order valence-corrected chi connectivity index (χ0v) is 18.8. The van der Waals surface area contributed by atoms with Crippen molar-refractivity contribution < 1.29 is 4.79 Å². The van der Waals surface area contributed by atoms with Crippen molar-refractivity contribution in [3.8, 4) is 11.6 Å². The van der Waals surface area contributed by atoms with Crippen molar-refractivity contribution in [1.29, 1.82) is 0 Å². The molecule has 1 aromatic heterocycles. The van der Waals surface area contributed by atoms with E-state index in [0.29, 0.717) is 12.1 Å². The fourth-order valence-electron chi connectivity index (χ4n) is 2.55. The van der Waals surface area contributed by atoms with Crippen LogP contribution in [0, 0.1) is 15.3 Å². The summed E-state index contributed by atoms with van der Waals surface area (Å²) in [6.45, 7) is 6.94. The van der Waals surface area contributed by atoms with E-state index in [2.05, 4.69) is 64.9 Å². The molecule has 0 bridgehead atoms. The Hall–Kier alpha value is -2.17. The number of pyridine rings is 1. The molecule has 0 aliphatic carbocycles. The lowest BCUT2D eigenvalue weighted by Crippen LogP contribution is -2.28. The first-order valence-corrected chi connectivity index (χ1v) is 13.4. The molecule has 1 amide bonds. The second-order valence-electron chi connectivity index (χ2n) is 7.38. The van der Waals surface area contributed by atoms with E-state index in [-0.39, 0.29) is 5.91 Å². The summed E-state index contributed by atoms with van der Waals surface area (Å²) in [5, 5.41) is 1.07. The molecule has 136 valence electrons. The van der Waals surface area contributed by atoms with Crippen LogP contribution in [0.5, 0.6) is 0 Å². The molecule has 5 heteroatoms. The minimum atomic E-state index is -1.61. The van der Waals surface area contributed by atoms with Gasteiger partial charge in [0.1, 0.15) is 11.8 Å². The van der Waals surface area contributed by atoms with Crippen molar-refractivity contribution in [1.82, 2.24) is 9.88 Å². The van der Waals surface area contributed by atoms with E-state index < -0.39 is 8.07 Å². The Labute approximate surface area is 175 Å². The van der Waals surface area contributed by atoms with Gasteiger partial charge >= 0.3 is 0 Å². The van der Waals surface area contributed by atoms with Gasteiger partial charge in [0, 0.05) is 22.6 Å². The lowest BCUT2D eigenvalue weighted by atomic mass is 10.1. The first-order valence-electron chi connectivity index (χ1n) is 8.77. The largest absolute Gasteiger partial charge is 0.268 e. The molecular formula is C22H21IN2OSi. The number of fused-ring (bicyclic) bond motifs is 1. The molecule has 27 heavy (non-hydrogen) atoms. The molecule has 0 unspecified atom stereocenters. The van der Waals surface area contributed by atoms with Crippen LogP contribution in [0.1, 0.15) is 15.9 Å². The van der Waals surface area contributed by atoms with Crippen LogP contribution >= 0.6 is 22.6 Å². The van der Waals surface area contributed by atoms with Gasteiger partial charge in [-0.05, 0) is 46.9 Å². The molecule has 2 aromatic carbocycles. The van der Waals surface area contributed by atoms with E-state index in [9.17, 15) is 4.79 Å². The zero-order chi connectivity index (χ0) is 19.4. The van der Waals surface area contributed by atoms with Crippen LogP contribution in [0.3, 0.4) is 0 Å². The fraction of sp³-hybridized carbons (Fsp3) is 0.182. The predicted molar refractivity (Wildman–Crippen MR) is 122 cm³/mol. The summed E-state index contributed by atoms with van der Waals surface area (Å²) in [4.78, 5) is 19.4. The van der Waals surface area contributed by atoms with Gasteiger partial charge in [0.2, 0.25) is 0 Å². The number of aromatic nitrogens is 1. The Morgan fingerprint density at radius 2 is 1.74 bits per heavy atom. The molecule has 0 atom stereocenters. The first kappa shape index (κ1) is 19.6. The number of carbonyl (C=O) groups excluding carboxylic acids is 1. The molecular weight excluding hydrogens is 463 g/mol. The summed E-state index contributed by atoms with van der Waals surface area (Å²) in [5.74, 6) is -0.0784. The second-order valence-corrected chi connectivity index (χ2v) is 13.1.